The van der Waals surface area contributed by atoms with E-state index in [1.54, 1.807) is 18.2 Å². The lowest BCUT2D eigenvalue weighted by atomic mass is 10.0. The molecule has 2 heterocycles. The van der Waals surface area contributed by atoms with Gasteiger partial charge in [0.05, 0.1) is 11.1 Å². The first-order valence-electron chi connectivity index (χ1n) is 10.6. The van der Waals surface area contributed by atoms with E-state index in [4.69, 9.17) is 4.74 Å². The van der Waals surface area contributed by atoms with E-state index in [0.29, 0.717) is 29.5 Å². The number of hydrogen-bond acceptors (Lipinski definition) is 4. The van der Waals surface area contributed by atoms with Crippen molar-refractivity contribution in [1.82, 2.24) is 4.90 Å². The summed E-state index contributed by atoms with van der Waals surface area (Å²) in [6.45, 7) is 6.96. The summed E-state index contributed by atoms with van der Waals surface area (Å²) in [7, 11) is 0. The topological polar surface area (TPSA) is 49.8 Å². The van der Waals surface area contributed by atoms with Crippen LogP contribution in [0.3, 0.4) is 0 Å². The molecule has 2 aliphatic heterocycles. The van der Waals surface area contributed by atoms with Crippen LogP contribution >= 0.6 is 0 Å². The van der Waals surface area contributed by atoms with Crippen molar-refractivity contribution in [2.45, 2.75) is 52.0 Å². The van der Waals surface area contributed by atoms with Crippen LogP contribution < -0.4 is 4.74 Å². The molecule has 0 amide bonds. The van der Waals surface area contributed by atoms with Gasteiger partial charge in [0.15, 0.2) is 5.76 Å². The molecule has 0 aromatic heterocycles. The highest BCUT2D eigenvalue weighted by atomic mass is 16.5. The Morgan fingerprint density at radius 3 is 2.38 bits per heavy atom. The van der Waals surface area contributed by atoms with Crippen molar-refractivity contribution in [3.63, 3.8) is 0 Å². The Kier molecular flexibility index (Phi) is 5.72. The molecule has 0 radical (unpaired) electrons. The molecule has 1 fully saturated rings. The van der Waals surface area contributed by atoms with Crippen molar-refractivity contribution in [3.8, 4) is 11.5 Å². The smallest absolute Gasteiger partial charge is 0.231 e. The standard InChI is InChI=1S/C25H29NO3/c1-17(2)19-9-7-18(8-10-19)15-23-24(28)20-11-12-22(27)21(25(20)29-23)16-26-13-5-3-4-6-14-26/h7-12,15,17,27H,3-6,13-14,16H2,1-2H3/b23-15-. The maximum Gasteiger partial charge on any atom is 0.231 e. The molecular formula is C25H29NO3. The molecule has 0 atom stereocenters. The van der Waals surface area contributed by atoms with Crippen molar-refractivity contribution in [1.29, 1.82) is 0 Å². The molecule has 0 aliphatic carbocycles. The molecule has 4 heteroatoms. The fourth-order valence-electron chi connectivity index (χ4n) is 4.10. The highest BCUT2D eigenvalue weighted by molar-refractivity contribution is 6.15. The molecule has 2 aromatic rings. The lowest BCUT2D eigenvalue weighted by Gasteiger charge is -2.21. The molecule has 2 aliphatic rings. The van der Waals surface area contributed by atoms with Crippen molar-refractivity contribution < 1.29 is 14.6 Å². The van der Waals surface area contributed by atoms with E-state index in [1.165, 1.54) is 31.2 Å². The fourth-order valence-corrected chi connectivity index (χ4v) is 4.10. The summed E-state index contributed by atoms with van der Waals surface area (Å²) in [6.07, 6.45) is 6.65. The Bertz CT molecular complexity index is 920. The normalized spacial score (nSPS) is 18.7. The van der Waals surface area contributed by atoms with Gasteiger partial charge in [0.1, 0.15) is 11.5 Å². The van der Waals surface area contributed by atoms with Gasteiger partial charge in [-0.1, -0.05) is 51.0 Å². The maximum absolute atomic E-state index is 12.9. The van der Waals surface area contributed by atoms with Gasteiger partial charge in [0.2, 0.25) is 5.78 Å². The Labute approximate surface area is 172 Å². The number of benzene rings is 2. The summed E-state index contributed by atoms with van der Waals surface area (Å²) in [6, 6.07) is 11.5. The highest BCUT2D eigenvalue weighted by Crippen LogP contribution is 2.40. The second-order valence-electron chi connectivity index (χ2n) is 8.39. The van der Waals surface area contributed by atoms with Gasteiger partial charge in [-0.3, -0.25) is 9.69 Å². The number of phenolic OH excluding ortho intramolecular Hbond substituents is 1. The van der Waals surface area contributed by atoms with Gasteiger partial charge in [-0.25, -0.2) is 0 Å². The van der Waals surface area contributed by atoms with Gasteiger partial charge in [-0.15, -0.1) is 0 Å². The molecule has 4 nitrogen and oxygen atoms in total. The van der Waals surface area contributed by atoms with E-state index in [0.717, 1.165) is 24.2 Å². The second-order valence-corrected chi connectivity index (χ2v) is 8.39. The number of allylic oxidation sites excluding steroid dienone is 1. The first kappa shape index (κ1) is 19.7. The third kappa shape index (κ3) is 4.23. The zero-order chi connectivity index (χ0) is 20.4. The van der Waals surface area contributed by atoms with E-state index in [-0.39, 0.29) is 11.5 Å². The molecule has 0 saturated carbocycles. The van der Waals surface area contributed by atoms with Crippen LogP contribution in [-0.2, 0) is 6.54 Å². The monoisotopic (exact) mass is 391 g/mol. The van der Waals surface area contributed by atoms with Gasteiger partial charge in [0, 0.05) is 6.54 Å². The number of nitrogens with zero attached hydrogens (tertiary/aromatic N) is 1. The second kappa shape index (κ2) is 8.42. The van der Waals surface area contributed by atoms with Crippen LogP contribution in [0, 0.1) is 0 Å². The van der Waals surface area contributed by atoms with Gasteiger partial charge in [0.25, 0.3) is 0 Å². The van der Waals surface area contributed by atoms with Gasteiger partial charge in [-0.05, 0) is 61.2 Å². The first-order valence-corrected chi connectivity index (χ1v) is 10.6. The molecule has 1 N–H and O–H groups in total. The number of likely N-dealkylation sites (tertiary alicyclic amines) is 1. The molecule has 1 saturated heterocycles. The van der Waals surface area contributed by atoms with E-state index in [9.17, 15) is 9.90 Å². The zero-order valence-electron chi connectivity index (χ0n) is 17.3. The Morgan fingerprint density at radius 1 is 1.03 bits per heavy atom. The van der Waals surface area contributed by atoms with Crippen LogP contribution in [0.1, 0.15) is 72.5 Å². The van der Waals surface area contributed by atoms with Crippen LogP contribution in [0.4, 0.5) is 0 Å². The van der Waals surface area contributed by atoms with Crippen LogP contribution in [0.2, 0.25) is 0 Å². The van der Waals surface area contributed by atoms with Crippen molar-refractivity contribution in [2.75, 3.05) is 13.1 Å². The molecule has 0 unspecified atom stereocenters. The molecule has 2 aromatic carbocycles. The summed E-state index contributed by atoms with van der Waals surface area (Å²) >= 11 is 0. The molecule has 29 heavy (non-hydrogen) atoms. The van der Waals surface area contributed by atoms with Crippen LogP contribution in [0.25, 0.3) is 6.08 Å². The third-order valence-electron chi connectivity index (χ3n) is 5.90. The van der Waals surface area contributed by atoms with Crippen LogP contribution in [0.15, 0.2) is 42.2 Å². The van der Waals surface area contributed by atoms with Gasteiger partial charge >= 0.3 is 0 Å². The van der Waals surface area contributed by atoms with E-state index in [2.05, 4.69) is 30.9 Å². The van der Waals surface area contributed by atoms with Gasteiger partial charge < -0.3 is 9.84 Å². The lowest BCUT2D eigenvalue weighted by Crippen LogP contribution is -2.24. The molecule has 0 spiro atoms. The van der Waals surface area contributed by atoms with E-state index < -0.39 is 0 Å². The summed E-state index contributed by atoms with van der Waals surface area (Å²) in [5.41, 5.74) is 3.46. The van der Waals surface area contributed by atoms with Crippen molar-refractivity contribution in [2.24, 2.45) is 0 Å². The van der Waals surface area contributed by atoms with E-state index in [1.807, 2.05) is 12.1 Å². The fraction of sp³-hybridized carbons (Fsp3) is 0.400. The van der Waals surface area contributed by atoms with Crippen molar-refractivity contribution >= 4 is 11.9 Å². The minimum absolute atomic E-state index is 0.120. The number of aromatic hydroxyl groups is 1. The summed E-state index contributed by atoms with van der Waals surface area (Å²) in [5.74, 6) is 1.38. The molecule has 0 bridgehead atoms. The van der Waals surface area contributed by atoms with Crippen LogP contribution in [-0.4, -0.2) is 28.9 Å². The Balaban J connectivity index is 1.60. The number of fused-ring (bicyclic) bond motifs is 1. The Morgan fingerprint density at radius 2 is 1.72 bits per heavy atom. The minimum Gasteiger partial charge on any atom is -0.507 e. The van der Waals surface area contributed by atoms with E-state index >= 15 is 0 Å². The number of Topliss-reactive ketones (excluding diaryl/α,β-unsaturated/α-hetero) is 1. The number of ether oxygens (including phenoxy) is 1. The summed E-state index contributed by atoms with van der Waals surface area (Å²) in [4.78, 5) is 15.2. The number of carbonyl (C=O) groups is 1. The maximum atomic E-state index is 12.9. The Hall–Kier alpha value is -2.59. The van der Waals surface area contributed by atoms with Crippen molar-refractivity contribution in [3.05, 3.63) is 64.4 Å². The highest BCUT2D eigenvalue weighted by Gasteiger charge is 2.31. The number of hydrogen-bond donors (Lipinski definition) is 1. The lowest BCUT2D eigenvalue weighted by molar-refractivity contribution is 0.101. The predicted octanol–water partition coefficient (Wildman–Crippen LogP) is 5.51. The number of rotatable bonds is 4. The zero-order valence-corrected chi connectivity index (χ0v) is 17.3. The molecular weight excluding hydrogens is 362 g/mol. The number of ketones is 1. The average Bonchev–Trinajstić information content (AvgIpc) is 2.87. The summed E-state index contributed by atoms with van der Waals surface area (Å²) in [5, 5.41) is 10.5. The average molecular weight is 392 g/mol. The SMILES string of the molecule is CC(C)c1ccc(/C=C2\Oc3c(ccc(O)c3CN3CCCCCC3)C2=O)cc1. The molecule has 152 valence electrons. The predicted molar refractivity (Wildman–Crippen MR) is 115 cm³/mol. The van der Waals surface area contributed by atoms with Gasteiger partial charge in [-0.2, -0.15) is 0 Å². The quantitative estimate of drug-likeness (QED) is 0.699. The third-order valence-corrected chi connectivity index (χ3v) is 5.90. The minimum atomic E-state index is -0.120. The largest absolute Gasteiger partial charge is 0.507 e. The number of phenols is 1. The first-order chi connectivity index (χ1) is 14.0. The van der Waals surface area contributed by atoms with Crippen LogP contribution in [0.5, 0.6) is 11.5 Å². The number of carbonyl (C=O) groups excluding carboxylic acids is 1. The summed E-state index contributed by atoms with van der Waals surface area (Å²) < 4.78 is 6.01. The molecule has 4 rings (SSSR count).